The normalized spacial score (nSPS) is 11.9. The predicted octanol–water partition coefficient (Wildman–Crippen LogP) is 4.77. The van der Waals surface area contributed by atoms with E-state index in [1.807, 2.05) is 32.0 Å². The molecule has 0 fully saturated rings. The Balaban J connectivity index is 2.06. The van der Waals surface area contributed by atoms with E-state index in [0.29, 0.717) is 5.69 Å². The second-order valence-electron chi connectivity index (χ2n) is 4.81. The lowest BCUT2D eigenvalue weighted by molar-refractivity contribution is -0.137. The van der Waals surface area contributed by atoms with E-state index in [9.17, 15) is 13.2 Å². The molecule has 0 radical (unpaired) electrons. The van der Waals surface area contributed by atoms with Crippen molar-refractivity contribution >= 4 is 11.9 Å². The fraction of sp³-hybridized carbons (Fsp3) is 0.188. The molecule has 5 heteroatoms. The summed E-state index contributed by atoms with van der Waals surface area (Å²) in [6, 6.07) is 10.7. The van der Waals surface area contributed by atoms with Crippen LogP contribution in [0, 0.1) is 13.8 Å². The molecule has 0 atom stereocenters. The number of benzene rings is 2. The van der Waals surface area contributed by atoms with Gasteiger partial charge in [-0.3, -0.25) is 5.43 Å². The molecule has 0 saturated carbocycles. The summed E-state index contributed by atoms with van der Waals surface area (Å²) in [7, 11) is 0. The third-order valence-electron chi connectivity index (χ3n) is 3.04. The summed E-state index contributed by atoms with van der Waals surface area (Å²) >= 11 is 0. The van der Waals surface area contributed by atoms with E-state index in [4.69, 9.17) is 0 Å². The van der Waals surface area contributed by atoms with Crippen LogP contribution in [0.4, 0.5) is 18.9 Å². The van der Waals surface area contributed by atoms with Gasteiger partial charge in [0.05, 0.1) is 17.5 Å². The van der Waals surface area contributed by atoms with Crippen molar-refractivity contribution in [1.29, 1.82) is 0 Å². The zero-order chi connectivity index (χ0) is 15.5. The lowest BCUT2D eigenvalue weighted by Gasteiger charge is -2.07. The summed E-state index contributed by atoms with van der Waals surface area (Å²) in [5, 5.41) is 4.05. The predicted molar refractivity (Wildman–Crippen MR) is 78.6 cm³/mol. The third-order valence-corrected chi connectivity index (χ3v) is 3.04. The Morgan fingerprint density at radius 2 is 1.67 bits per heavy atom. The monoisotopic (exact) mass is 292 g/mol. The summed E-state index contributed by atoms with van der Waals surface area (Å²) < 4.78 is 37.3. The Morgan fingerprint density at radius 3 is 2.29 bits per heavy atom. The maximum Gasteiger partial charge on any atom is 0.416 e. The van der Waals surface area contributed by atoms with Crippen molar-refractivity contribution in [3.8, 4) is 0 Å². The van der Waals surface area contributed by atoms with Gasteiger partial charge in [-0.2, -0.15) is 18.3 Å². The summed E-state index contributed by atoms with van der Waals surface area (Å²) in [4.78, 5) is 0. The van der Waals surface area contributed by atoms with E-state index < -0.39 is 11.7 Å². The number of rotatable bonds is 3. The molecule has 0 bridgehead atoms. The van der Waals surface area contributed by atoms with Crippen molar-refractivity contribution in [1.82, 2.24) is 0 Å². The molecule has 2 aromatic rings. The molecule has 110 valence electrons. The Kier molecular flexibility index (Phi) is 4.31. The van der Waals surface area contributed by atoms with Crippen molar-refractivity contribution < 1.29 is 13.2 Å². The van der Waals surface area contributed by atoms with Gasteiger partial charge in [0.25, 0.3) is 0 Å². The first kappa shape index (κ1) is 15.1. The Bertz CT molecular complexity index is 644. The van der Waals surface area contributed by atoms with Gasteiger partial charge < -0.3 is 0 Å². The molecular formula is C16H15F3N2. The molecule has 0 unspecified atom stereocenters. The molecule has 0 amide bonds. The molecule has 0 aliphatic rings. The lowest BCUT2D eigenvalue weighted by Crippen LogP contribution is -2.04. The first-order chi connectivity index (χ1) is 9.86. The minimum atomic E-state index is -4.32. The van der Waals surface area contributed by atoms with Crippen molar-refractivity contribution in [3.63, 3.8) is 0 Å². The molecule has 0 saturated heterocycles. The van der Waals surface area contributed by atoms with E-state index in [1.54, 1.807) is 6.21 Å². The minimum absolute atomic E-state index is 0.504. The largest absolute Gasteiger partial charge is 0.416 e. The number of hydrogen-bond donors (Lipinski definition) is 1. The van der Waals surface area contributed by atoms with Crippen LogP contribution in [0.5, 0.6) is 0 Å². The van der Waals surface area contributed by atoms with Gasteiger partial charge in [0, 0.05) is 0 Å². The Hall–Kier alpha value is -2.30. The molecule has 2 rings (SSSR count). The Labute approximate surface area is 121 Å². The van der Waals surface area contributed by atoms with Gasteiger partial charge in [0.2, 0.25) is 0 Å². The van der Waals surface area contributed by atoms with Gasteiger partial charge >= 0.3 is 6.18 Å². The molecule has 0 aliphatic carbocycles. The first-order valence-electron chi connectivity index (χ1n) is 6.40. The second kappa shape index (κ2) is 5.99. The quantitative estimate of drug-likeness (QED) is 0.639. The summed E-state index contributed by atoms with van der Waals surface area (Å²) in [5.74, 6) is 0. The van der Waals surface area contributed by atoms with Crippen LogP contribution in [-0.2, 0) is 6.18 Å². The first-order valence-corrected chi connectivity index (χ1v) is 6.40. The van der Waals surface area contributed by atoms with Crippen molar-refractivity contribution in [2.24, 2.45) is 5.10 Å². The van der Waals surface area contributed by atoms with Crippen LogP contribution < -0.4 is 5.43 Å². The number of halogens is 3. The summed E-state index contributed by atoms with van der Waals surface area (Å²) in [5.41, 5.74) is 5.72. The third kappa shape index (κ3) is 4.08. The van der Waals surface area contributed by atoms with Gasteiger partial charge in [-0.1, -0.05) is 23.8 Å². The number of nitrogens with zero attached hydrogens (tertiary/aromatic N) is 1. The molecule has 2 aromatic carbocycles. The van der Waals surface area contributed by atoms with Crippen LogP contribution >= 0.6 is 0 Å². The number of alkyl halides is 3. The smallest absolute Gasteiger partial charge is 0.279 e. The van der Waals surface area contributed by atoms with Crippen LogP contribution in [0.25, 0.3) is 0 Å². The van der Waals surface area contributed by atoms with Crippen LogP contribution in [0.1, 0.15) is 22.3 Å². The SMILES string of the molecule is Cc1ccc(C)c(/C=N/Nc2ccc(C(F)(F)F)cc2)c1. The van der Waals surface area contributed by atoms with Gasteiger partial charge in [0.1, 0.15) is 0 Å². The zero-order valence-corrected chi connectivity index (χ0v) is 11.7. The average Bonchev–Trinajstić information content (AvgIpc) is 2.42. The Morgan fingerprint density at radius 1 is 1.00 bits per heavy atom. The number of aryl methyl sites for hydroxylation is 2. The second-order valence-corrected chi connectivity index (χ2v) is 4.81. The highest BCUT2D eigenvalue weighted by Gasteiger charge is 2.29. The molecule has 0 aromatic heterocycles. The van der Waals surface area contributed by atoms with Crippen LogP contribution in [0.3, 0.4) is 0 Å². The van der Waals surface area contributed by atoms with Gasteiger partial charge in [-0.15, -0.1) is 0 Å². The van der Waals surface area contributed by atoms with Crippen molar-refractivity contribution in [2.75, 3.05) is 5.43 Å². The maximum absolute atomic E-state index is 12.4. The van der Waals surface area contributed by atoms with Crippen LogP contribution in [0.2, 0.25) is 0 Å². The molecule has 1 N–H and O–H groups in total. The lowest BCUT2D eigenvalue weighted by atomic mass is 10.1. The molecule has 2 nitrogen and oxygen atoms in total. The van der Waals surface area contributed by atoms with Gasteiger partial charge in [-0.25, -0.2) is 0 Å². The van der Waals surface area contributed by atoms with E-state index in [1.165, 1.54) is 12.1 Å². The highest BCUT2D eigenvalue weighted by atomic mass is 19.4. The summed E-state index contributed by atoms with van der Waals surface area (Å²) in [6.45, 7) is 3.96. The topological polar surface area (TPSA) is 24.4 Å². The van der Waals surface area contributed by atoms with E-state index in [2.05, 4.69) is 10.5 Å². The fourth-order valence-corrected chi connectivity index (χ4v) is 1.81. The van der Waals surface area contributed by atoms with Crippen molar-refractivity contribution in [3.05, 3.63) is 64.7 Å². The number of hydrogen-bond acceptors (Lipinski definition) is 2. The minimum Gasteiger partial charge on any atom is -0.279 e. The van der Waals surface area contributed by atoms with E-state index in [0.717, 1.165) is 28.8 Å². The van der Waals surface area contributed by atoms with Crippen molar-refractivity contribution in [2.45, 2.75) is 20.0 Å². The highest BCUT2D eigenvalue weighted by molar-refractivity contribution is 5.82. The van der Waals surface area contributed by atoms with Gasteiger partial charge in [0.15, 0.2) is 0 Å². The number of hydrazone groups is 1. The number of nitrogens with one attached hydrogen (secondary N) is 1. The van der Waals surface area contributed by atoms with E-state index in [-0.39, 0.29) is 0 Å². The average molecular weight is 292 g/mol. The molecule has 0 aliphatic heterocycles. The van der Waals surface area contributed by atoms with E-state index >= 15 is 0 Å². The summed E-state index contributed by atoms with van der Waals surface area (Å²) in [6.07, 6.45) is -2.67. The maximum atomic E-state index is 12.4. The molecular weight excluding hydrogens is 277 g/mol. The molecule has 0 heterocycles. The number of anilines is 1. The highest BCUT2D eigenvalue weighted by Crippen LogP contribution is 2.29. The fourth-order valence-electron chi connectivity index (χ4n) is 1.81. The van der Waals surface area contributed by atoms with Crippen LogP contribution in [-0.4, -0.2) is 6.21 Å². The zero-order valence-electron chi connectivity index (χ0n) is 11.7. The van der Waals surface area contributed by atoms with Gasteiger partial charge in [-0.05, 0) is 49.2 Å². The molecule has 21 heavy (non-hydrogen) atoms. The van der Waals surface area contributed by atoms with Crippen LogP contribution in [0.15, 0.2) is 47.6 Å². The molecule has 0 spiro atoms. The standard InChI is InChI=1S/C16H15F3N2/c1-11-3-4-12(2)13(9-11)10-20-21-15-7-5-14(6-8-15)16(17,18)19/h3-10,21H,1-2H3/b20-10+.